The van der Waals surface area contributed by atoms with Gasteiger partial charge in [-0.2, -0.15) is 4.98 Å². The molecule has 0 saturated carbocycles. The zero-order valence-corrected chi connectivity index (χ0v) is 13.3. The maximum absolute atomic E-state index is 12.0. The SMILES string of the molecule is CCCS(=O)(=O)c1cc(OC)nc(S(=O)(=O)CCC)n1. The summed E-state index contributed by atoms with van der Waals surface area (Å²) in [5, 5.41) is -0.825. The van der Waals surface area contributed by atoms with Crippen molar-refractivity contribution in [1.29, 1.82) is 0 Å². The highest BCUT2D eigenvalue weighted by molar-refractivity contribution is 7.92. The minimum Gasteiger partial charge on any atom is -0.481 e. The molecule has 1 heterocycles. The molecule has 0 saturated heterocycles. The maximum atomic E-state index is 12.0. The summed E-state index contributed by atoms with van der Waals surface area (Å²) >= 11 is 0. The van der Waals surface area contributed by atoms with Crippen LogP contribution in [0.3, 0.4) is 0 Å². The van der Waals surface area contributed by atoms with Crippen molar-refractivity contribution >= 4 is 19.7 Å². The van der Waals surface area contributed by atoms with Crippen LogP contribution in [0.25, 0.3) is 0 Å². The highest BCUT2D eigenvalue weighted by Crippen LogP contribution is 2.19. The van der Waals surface area contributed by atoms with Gasteiger partial charge in [-0.3, -0.25) is 0 Å². The standard InChI is InChI=1S/C11H18N2O5S2/c1-4-6-19(14,15)10-8-9(18-3)12-11(13-10)20(16,17)7-5-2/h8H,4-7H2,1-3H3. The molecule has 1 rings (SSSR count). The van der Waals surface area contributed by atoms with E-state index in [1.807, 2.05) is 0 Å². The smallest absolute Gasteiger partial charge is 0.251 e. The van der Waals surface area contributed by atoms with Crippen molar-refractivity contribution in [3.8, 4) is 5.88 Å². The number of nitrogens with zero attached hydrogens (tertiary/aromatic N) is 2. The second-order valence-corrected chi connectivity index (χ2v) is 8.23. The Morgan fingerprint density at radius 1 is 1.00 bits per heavy atom. The van der Waals surface area contributed by atoms with E-state index in [1.54, 1.807) is 13.8 Å². The van der Waals surface area contributed by atoms with Gasteiger partial charge in [0.05, 0.1) is 18.6 Å². The van der Waals surface area contributed by atoms with Crippen molar-refractivity contribution in [2.45, 2.75) is 36.9 Å². The van der Waals surface area contributed by atoms with E-state index in [1.165, 1.54) is 7.11 Å². The van der Waals surface area contributed by atoms with Crippen LogP contribution in [0.15, 0.2) is 16.2 Å². The molecule has 0 radical (unpaired) electrons. The molecule has 0 N–H and O–H groups in total. The molecule has 114 valence electrons. The number of methoxy groups -OCH3 is 1. The van der Waals surface area contributed by atoms with Gasteiger partial charge < -0.3 is 4.74 Å². The molecular weight excluding hydrogens is 304 g/mol. The Labute approximate surface area is 119 Å². The van der Waals surface area contributed by atoms with Gasteiger partial charge in [0.25, 0.3) is 5.16 Å². The van der Waals surface area contributed by atoms with E-state index in [0.29, 0.717) is 12.8 Å². The Morgan fingerprint density at radius 3 is 2.05 bits per heavy atom. The van der Waals surface area contributed by atoms with Gasteiger partial charge in [0.2, 0.25) is 15.7 Å². The summed E-state index contributed by atoms with van der Waals surface area (Å²) < 4.78 is 52.8. The van der Waals surface area contributed by atoms with Gasteiger partial charge in [-0.05, 0) is 12.8 Å². The lowest BCUT2D eigenvalue weighted by atomic mass is 10.6. The summed E-state index contributed by atoms with van der Waals surface area (Å²) in [5.74, 6) is -0.335. The quantitative estimate of drug-likeness (QED) is 0.541. The molecule has 7 nitrogen and oxygen atoms in total. The average molecular weight is 322 g/mol. The van der Waals surface area contributed by atoms with E-state index in [0.717, 1.165) is 6.07 Å². The predicted octanol–water partition coefficient (Wildman–Crippen LogP) is 0.853. The molecule has 1 aromatic heterocycles. The van der Waals surface area contributed by atoms with Crippen LogP contribution in [0.2, 0.25) is 0 Å². The fraction of sp³-hybridized carbons (Fsp3) is 0.636. The van der Waals surface area contributed by atoms with Gasteiger partial charge in [0.1, 0.15) is 0 Å². The van der Waals surface area contributed by atoms with Crippen LogP contribution in [0.4, 0.5) is 0 Å². The third-order valence-electron chi connectivity index (χ3n) is 2.41. The largest absolute Gasteiger partial charge is 0.481 e. The Balaban J connectivity index is 3.44. The van der Waals surface area contributed by atoms with Crippen molar-refractivity contribution < 1.29 is 21.6 Å². The van der Waals surface area contributed by atoms with Crippen LogP contribution < -0.4 is 4.74 Å². The Morgan fingerprint density at radius 2 is 1.55 bits per heavy atom. The third-order valence-corrected chi connectivity index (χ3v) is 5.89. The zero-order valence-electron chi connectivity index (χ0n) is 11.7. The van der Waals surface area contributed by atoms with Crippen LogP contribution in [-0.4, -0.2) is 45.4 Å². The number of sulfone groups is 2. The molecule has 0 unspecified atom stereocenters. The molecule has 1 aromatic rings. The summed E-state index contributed by atoms with van der Waals surface area (Å²) in [6.45, 7) is 3.41. The Hall–Kier alpha value is -1.22. The van der Waals surface area contributed by atoms with Crippen LogP contribution in [0, 0.1) is 0 Å². The highest BCUT2D eigenvalue weighted by atomic mass is 32.2. The van der Waals surface area contributed by atoms with Gasteiger partial charge in [-0.1, -0.05) is 13.8 Å². The van der Waals surface area contributed by atoms with Gasteiger partial charge in [0, 0.05) is 6.07 Å². The highest BCUT2D eigenvalue weighted by Gasteiger charge is 2.24. The van der Waals surface area contributed by atoms with E-state index in [-0.39, 0.29) is 22.4 Å². The second-order valence-electron chi connectivity index (χ2n) is 4.17. The molecule has 9 heteroatoms. The number of hydrogen-bond acceptors (Lipinski definition) is 7. The lowest BCUT2D eigenvalue weighted by Crippen LogP contribution is -2.15. The topological polar surface area (TPSA) is 103 Å². The number of ether oxygens (including phenoxy) is 1. The van der Waals surface area contributed by atoms with E-state index < -0.39 is 24.8 Å². The Kier molecular flexibility index (Phi) is 5.46. The molecule has 0 aliphatic heterocycles. The van der Waals surface area contributed by atoms with Crippen LogP contribution >= 0.6 is 0 Å². The summed E-state index contributed by atoms with van der Waals surface area (Å²) in [6.07, 6.45) is 0.797. The zero-order chi connectivity index (χ0) is 15.4. The number of rotatable bonds is 7. The van der Waals surface area contributed by atoms with E-state index in [9.17, 15) is 16.8 Å². The molecule has 0 amide bonds. The monoisotopic (exact) mass is 322 g/mol. The summed E-state index contributed by atoms with van der Waals surface area (Å²) in [4.78, 5) is 7.42. The van der Waals surface area contributed by atoms with Crippen LogP contribution in [0.5, 0.6) is 5.88 Å². The van der Waals surface area contributed by atoms with Crippen molar-refractivity contribution in [2.24, 2.45) is 0 Å². The van der Waals surface area contributed by atoms with Gasteiger partial charge in [0.15, 0.2) is 14.9 Å². The van der Waals surface area contributed by atoms with Crippen molar-refractivity contribution in [3.05, 3.63) is 6.07 Å². The minimum absolute atomic E-state index is 0.0793. The van der Waals surface area contributed by atoms with Gasteiger partial charge >= 0.3 is 0 Å². The van der Waals surface area contributed by atoms with E-state index in [2.05, 4.69) is 9.97 Å². The van der Waals surface area contributed by atoms with E-state index >= 15 is 0 Å². The van der Waals surface area contributed by atoms with E-state index in [4.69, 9.17) is 4.74 Å². The third kappa shape index (κ3) is 3.89. The van der Waals surface area contributed by atoms with Gasteiger partial charge in [-0.25, -0.2) is 21.8 Å². The second kappa shape index (κ2) is 6.49. The molecule has 20 heavy (non-hydrogen) atoms. The number of hydrogen-bond donors (Lipinski definition) is 0. The van der Waals surface area contributed by atoms with Crippen LogP contribution in [0.1, 0.15) is 26.7 Å². The van der Waals surface area contributed by atoms with Crippen LogP contribution in [-0.2, 0) is 19.7 Å². The summed E-state index contributed by atoms with van der Waals surface area (Å²) in [6, 6.07) is 1.13. The first-order chi connectivity index (χ1) is 9.26. The predicted molar refractivity (Wildman–Crippen MR) is 73.3 cm³/mol. The molecule has 0 aliphatic carbocycles. The fourth-order valence-electron chi connectivity index (χ4n) is 1.52. The summed E-state index contributed by atoms with van der Waals surface area (Å²) in [5.41, 5.74) is 0. The lowest BCUT2D eigenvalue weighted by molar-refractivity contribution is 0.388. The normalized spacial score (nSPS) is 12.3. The lowest BCUT2D eigenvalue weighted by Gasteiger charge is -2.07. The maximum Gasteiger partial charge on any atom is 0.251 e. The van der Waals surface area contributed by atoms with Gasteiger partial charge in [-0.15, -0.1) is 0 Å². The molecule has 0 fully saturated rings. The summed E-state index contributed by atoms with van der Waals surface area (Å²) in [7, 11) is -6.06. The first-order valence-corrected chi connectivity index (χ1v) is 9.46. The molecule has 0 aliphatic rings. The van der Waals surface area contributed by atoms with Crippen molar-refractivity contribution in [2.75, 3.05) is 18.6 Å². The first-order valence-electron chi connectivity index (χ1n) is 6.15. The first kappa shape index (κ1) is 16.8. The molecule has 0 spiro atoms. The molecule has 0 atom stereocenters. The molecular formula is C11H18N2O5S2. The number of aromatic nitrogens is 2. The Bertz CT molecular complexity index is 614. The van der Waals surface area contributed by atoms with Crippen molar-refractivity contribution in [1.82, 2.24) is 9.97 Å². The minimum atomic E-state index is -3.71. The molecule has 0 aromatic carbocycles. The molecule has 0 bridgehead atoms. The fourth-order valence-corrected chi connectivity index (χ4v) is 4.02. The average Bonchev–Trinajstić information content (AvgIpc) is 2.38. The van der Waals surface area contributed by atoms with Crippen molar-refractivity contribution in [3.63, 3.8) is 0 Å².